The standard InChI is InChI=1S/C14H13BrClNO/c1-9-2-5-13(10(6-9)8-17)18-14-7-11(15)3-4-12(14)16/h2-7H,8,17H2,1H3. The molecular weight excluding hydrogens is 314 g/mol. The summed E-state index contributed by atoms with van der Waals surface area (Å²) in [6.07, 6.45) is 0. The fraction of sp³-hybridized carbons (Fsp3) is 0.143. The summed E-state index contributed by atoms with van der Waals surface area (Å²) in [5.41, 5.74) is 7.84. The Morgan fingerprint density at radius 1 is 1.17 bits per heavy atom. The van der Waals surface area contributed by atoms with E-state index in [1.165, 1.54) is 0 Å². The van der Waals surface area contributed by atoms with E-state index in [-0.39, 0.29) is 0 Å². The molecule has 0 radical (unpaired) electrons. The number of halogens is 2. The van der Waals surface area contributed by atoms with Crippen LogP contribution in [-0.2, 0) is 6.54 Å². The predicted molar refractivity (Wildman–Crippen MR) is 78.3 cm³/mol. The fourth-order valence-electron chi connectivity index (χ4n) is 1.64. The second-order valence-electron chi connectivity index (χ2n) is 3.99. The van der Waals surface area contributed by atoms with Gasteiger partial charge in [0.15, 0.2) is 0 Å². The first kappa shape index (κ1) is 13.4. The lowest BCUT2D eigenvalue weighted by atomic mass is 10.1. The molecule has 0 aliphatic rings. The summed E-state index contributed by atoms with van der Waals surface area (Å²) < 4.78 is 6.74. The lowest BCUT2D eigenvalue weighted by Gasteiger charge is -2.12. The molecule has 0 atom stereocenters. The van der Waals surface area contributed by atoms with Gasteiger partial charge in [-0.15, -0.1) is 0 Å². The van der Waals surface area contributed by atoms with Crippen molar-refractivity contribution in [2.24, 2.45) is 5.73 Å². The van der Waals surface area contributed by atoms with Crippen LogP contribution in [0.25, 0.3) is 0 Å². The van der Waals surface area contributed by atoms with Crippen LogP contribution in [0.1, 0.15) is 11.1 Å². The number of hydrogen-bond acceptors (Lipinski definition) is 2. The van der Waals surface area contributed by atoms with Gasteiger partial charge in [0.2, 0.25) is 0 Å². The monoisotopic (exact) mass is 325 g/mol. The number of aryl methyl sites for hydroxylation is 1. The lowest BCUT2D eigenvalue weighted by Crippen LogP contribution is -2.00. The van der Waals surface area contributed by atoms with Gasteiger partial charge in [0.1, 0.15) is 11.5 Å². The van der Waals surface area contributed by atoms with E-state index >= 15 is 0 Å². The molecule has 18 heavy (non-hydrogen) atoms. The lowest BCUT2D eigenvalue weighted by molar-refractivity contribution is 0.476. The van der Waals surface area contributed by atoms with Crippen LogP contribution < -0.4 is 10.5 Å². The van der Waals surface area contributed by atoms with Crippen LogP contribution in [0.2, 0.25) is 5.02 Å². The highest BCUT2D eigenvalue weighted by molar-refractivity contribution is 9.10. The number of rotatable bonds is 3. The molecule has 2 rings (SSSR count). The van der Waals surface area contributed by atoms with Crippen LogP contribution in [-0.4, -0.2) is 0 Å². The average molecular weight is 327 g/mol. The van der Waals surface area contributed by atoms with Crippen molar-refractivity contribution in [1.82, 2.24) is 0 Å². The Labute approximate surface area is 120 Å². The Kier molecular flexibility index (Phi) is 4.27. The minimum absolute atomic E-state index is 0.433. The van der Waals surface area contributed by atoms with Crippen LogP contribution in [0.3, 0.4) is 0 Å². The highest BCUT2D eigenvalue weighted by Crippen LogP contribution is 2.33. The number of ether oxygens (including phenoxy) is 1. The average Bonchev–Trinajstić information content (AvgIpc) is 2.36. The first-order valence-electron chi connectivity index (χ1n) is 5.52. The van der Waals surface area contributed by atoms with Gasteiger partial charge in [0.25, 0.3) is 0 Å². The second-order valence-corrected chi connectivity index (χ2v) is 5.31. The molecule has 0 heterocycles. The summed E-state index contributed by atoms with van der Waals surface area (Å²) in [7, 11) is 0. The molecule has 2 aromatic carbocycles. The Bertz CT molecular complexity index is 572. The van der Waals surface area contributed by atoms with E-state index in [4.69, 9.17) is 22.1 Å². The summed E-state index contributed by atoms with van der Waals surface area (Å²) >= 11 is 9.49. The maximum absolute atomic E-state index is 6.10. The van der Waals surface area contributed by atoms with Gasteiger partial charge in [-0.1, -0.05) is 45.2 Å². The van der Waals surface area contributed by atoms with E-state index in [9.17, 15) is 0 Å². The van der Waals surface area contributed by atoms with Crippen molar-refractivity contribution < 1.29 is 4.74 Å². The molecule has 0 saturated carbocycles. The van der Waals surface area contributed by atoms with Crippen LogP contribution in [0, 0.1) is 6.92 Å². The molecule has 4 heteroatoms. The van der Waals surface area contributed by atoms with Crippen LogP contribution in [0.5, 0.6) is 11.5 Å². The van der Waals surface area contributed by atoms with Crippen molar-refractivity contribution in [3.05, 3.63) is 57.0 Å². The normalized spacial score (nSPS) is 10.4. The Morgan fingerprint density at radius 2 is 1.94 bits per heavy atom. The minimum Gasteiger partial charge on any atom is -0.455 e. The second kappa shape index (κ2) is 5.74. The molecule has 2 nitrogen and oxygen atoms in total. The van der Waals surface area contributed by atoms with Crippen molar-refractivity contribution in [3.63, 3.8) is 0 Å². The van der Waals surface area contributed by atoms with Gasteiger partial charge >= 0.3 is 0 Å². The van der Waals surface area contributed by atoms with E-state index < -0.39 is 0 Å². The zero-order valence-corrected chi connectivity index (χ0v) is 12.3. The largest absolute Gasteiger partial charge is 0.455 e. The zero-order chi connectivity index (χ0) is 13.1. The van der Waals surface area contributed by atoms with Gasteiger partial charge < -0.3 is 10.5 Å². The van der Waals surface area contributed by atoms with Gasteiger partial charge in [-0.05, 0) is 31.2 Å². The maximum atomic E-state index is 6.10. The molecule has 2 aromatic rings. The highest BCUT2D eigenvalue weighted by Gasteiger charge is 2.07. The van der Waals surface area contributed by atoms with E-state index in [0.717, 1.165) is 21.3 Å². The Hall–Kier alpha value is -1.03. The molecule has 94 valence electrons. The Balaban J connectivity index is 2.36. The Morgan fingerprint density at radius 3 is 2.67 bits per heavy atom. The van der Waals surface area contributed by atoms with Crippen molar-refractivity contribution in [2.45, 2.75) is 13.5 Å². The first-order chi connectivity index (χ1) is 8.60. The fourth-order valence-corrected chi connectivity index (χ4v) is 2.14. The molecule has 0 bridgehead atoms. The molecule has 0 fully saturated rings. The van der Waals surface area contributed by atoms with Crippen molar-refractivity contribution in [3.8, 4) is 11.5 Å². The van der Waals surface area contributed by atoms with Crippen molar-refractivity contribution >= 4 is 27.5 Å². The topological polar surface area (TPSA) is 35.2 Å². The quantitative estimate of drug-likeness (QED) is 0.890. The third-order valence-corrected chi connectivity index (χ3v) is 3.35. The molecule has 0 aliphatic heterocycles. The van der Waals surface area contributed by atoms with E-state index in [0.29, 0.717) is 17.3 Å². The third kappa shape index (κ3) is 3.05. The van der Waals surface area contributed by atoms with Gasteiger partial charge in [0.05, 0.1) is 5.02 Å². The van der Waals surface area contributed by atoms with Gasteiger partial charge in [0, 0.05) is 16.6 Å². The van der Waals surface area contributed by atoms with E-state index in [1.807, 2.05) is 37.3 Å². The molecule has 0 unspecified atom stereocenters. The van der Waals surface area contributed by atoms with Gasteiger partial charge in [-0.2, -0.15) is 0 Å². The van der Waals surface area contributed by atoms with Crippen LogP contribution in [0.15, 0.2) is 40.9 Å². The zero-order valence-electron chi connectivity index (χ0n) is 9.91. The number of hydrogen-bond donors (Lipinski definition) is 1. The predicted octanol–water partition coefficient (Wildman–Crippen LogP) is 4.66. The highest BCUT2D eigenvalue weighted by atomic mass is 79.9. The minimum atomic E-state index is 0.433. The maximum Gasteiger partial charge on any atom is 0.147 e. The smallest absolute Gasteiger partial charge is 0.147 e. The molecular formula is C14H13BrClNO. The number of nitrogens with two attached hydrogens (primary N) is 1. The molecule has 0 saturated heterocycles. The summed E-state index contributed by atoms with van der Waals surface area (Å²) in [5, 5.41) is 0.571. The van der Waals surface area contributed by atoms with E-state index in [2.05, 4.69) is 15.9 Å². The van der Waals surface area contributed by atoms with Gasteiger partial charge in [-0.25, -0.2) is 0 Å². The van der Waals surface area contributed by atoms with Crippen LogP contribution in [0.4, 0.5) is 0 Å². The summed E-state index contributed by atoms with van der Waals surface area (Å²) in [6.45, 7) is 2.46. The molecule has 0 spiro atoms. The summed E-state index contributed by atoms with van der Waals surface area (Å²) in [4.78, 5) is 0. The summed E-state index contributed by atoms with van der Waals surface area (Å²) in [6, 6.07) is 11.4. The SMILES string of the molecule is Cc1ccc(Oc2cc(Br)ccc2Cl)c(CN)c1. The van der Waals surface area contributed by atoms with Gasteiger partial charge in [-0.3, -0.25) is 0 Å². The molecule has 0 amide bonds. The molecule has 2 N–H and O–H groups in total. The third-order valence-electron chi connectivity index (χ3n) is 2.55. The van der Waals surface area contributed by atoms with E-state index in [1.54, 1.807) is 6.07 Å². The van der Waals surface area contributed by atoms with Crippen molar-refractivity contribution in [2.75, 3.05) is 0 Å². The van der Waals surface area contributed by atoms with Crippen molar-refractivity contribution in [1.29, 1.82) is 0 Å². The first-order valence-corrected chi connectivity index (χ1v) is 6.70. The van der Waals surface area contributed by atoms with Crippen LogP contribution >= 0.6 is 27.5 Å². The number of benzene rings is 2. The molecule has 0 aromatic heterocycles. The summed E-state index contributed by atoms with van der Waals surface area (Å²) in [5.74, 6) is 1.35. The molecule has 0 aliphatic carbocycles.